The Balaban J connectivity index is 2.20. The lowest BCUT2D eigenvalue weighted by Crippen LogP contribution is -1.98. The van der Waals surface area contributed by atoms with Gasteiger partial charge in [-0.05, 0) is 64.4 Å². The van der Waals surface area contributed by atoms with Gasteiger partial charge in [-0.25, -0.2) is 4.39 Å². The van der Waals surface area contributed by atoms with Gasteiger partial charge in [-0.3, -0.25) is 0 Å². The van der Waals surface area contributed by atoms with E-state index in [4.69, 9.17) is 23.2 Å². The topological polar surface area (TPSA) is 0 Å². The highest BCUT2D eigenvalue weighted by Crippen LogP contribution is 2.32. The molecule has 0 saturated heterocycles. The van der Waals surface area contributed by atoms with Crippen molar-refractivity contribution in [3.63, 3.8) is 0 Å². The van der Waals surface area contributed by atoms with Gasteiger partial charge in [0.1, 0.15) is 5.82 Å². The highest BCUT2D eigenvalue weighted by molar-refractivity contribution is 14.1. The van der Waals surface area contributed by atoms with Crippen LogP contribution in [-0.4, -0.2) is 0 Å². The monoisotopic (exact) mass is 472 g/mol. The SMILES string of the molecule is Fc1ccc(C(Br)Cc2ccc(Cl)c(Cl)c2)c(I)c1. The van der Waals surface area contributed by atoms with E-state index in [0.717, 1.165) is 21.1 Å². The first-order valence-corrected chi connectivity index (χ1v) is 8.25. The van der Waals surface area contributed by atoms with Gasteiger partial charge in [0.05, 0.1) is 10.0 Å². The van der Waals surface area contributed by atoms with E-state index in [1.54, 1.807) is 12.1 Å². The van der Waals surface area contributed by atoms with Crippen LogP contribution in [0.25, 0.3) is 0 Å². The molecule has 0 radical (unpaired) electrons. The third kappa shape index (κ3) is 4.06. The van der Waals surface area contributed by atoms with E-state index in [2.05, 4.69) is 38.5 Å². The Morgan fingerprint density at radius 1 is 1.11 bits per heavy atom. The highest BCUT2D eigenvalue weighted by Gasteiger charge is 2.13. The smallest absolute Gasteiger partial charge is 0.124 e. The summed E-state index contributed by atoms with van der Waals surface area (Å²) >= 11 is 17.7. The van der Waals surface area contributed by atoms with E-state index in [0.29, 0.717) is 10.0 Å². The first-order chi connectivity index (χ1) is 8.97. The van der Waals surface area contributed by atoms with E-state index < -0.39 is 0 Å². The van der Waals surface area contributed by atoms with E-state index >= 15 is 0 Å². The third-order valence-corrected chi connectivity index (χ3v) is 5.19. The lowest BCUT2D eigenvalue weighted by molar-refractivity contribution is 0.625. The number of benzene rings is 2. The molecule has 1 atom stereocenters. The summed E-state index contributed by atoms with van der Waals surface area (Å²) in [4.78, 5) is 0.109. The molecule has 0 spiro atoms. The summed E-state index contributed by atoms with van der Waals surface area (Å²) in [6.45, 7) is 0. The fourth-order valence-electron chi connectivity index (χ4n) is 1.74. The van der Waals surface area contributed by atoms with Crippen LogP contribution in [0, 0.1) is 9.39 Å². The molecule has 1 unspecified atom stereocenters. The molecule has 19 heavy (non-hydrogen) atoms. The molecule has 2 rings (SSSR count). The maximum Gasteiger partial charge on any atom is 0.124 e. The Kier molecular flexibility index (Phi) is 5.52. The predicted molar refractivity (Wildman–Crippen MR) is 91.0 cm³/mol. The van der Waals surface area contributed by atoms with Crippen molar-refractivity contribution in [2.75, 3.05) is 0 Å². The molecular formula is C14H9BrCl2FI. The number of halogens is 5. The van der Waals surface area contributed by atoms with Crippen molar-refractivity contribution < 1.29 is 4.39 Å². The molecule has 0 nitrogen and oxygen atoms in total. The molecule has 0 aliphatic rings. The van der Waals surface area contributed by atoms with Crippen LogP contribution in [0.5, 0.6) is 0 Å². The third-order valence-electron chi connectivity index (χ3n) is 2.70. The van der Waals surface area contributed by atoms with Crippen molar-refractivity contribution in [3.8, 4) is 0 Å². The molecule has 5 heteroatoms. The standard InChI is InChI=1S/C14H9BrCl2FI/c15-11(10-3-2-9(18)7-14(10)19)5-8-1-4-12(16)13(17)6-8/h1-4,6-7,11H,5H2. The molecule has 0 aliphatic heterocycles. The van der Waals surface area contributed by atoms with E-state index in [9.17, 15) is 4.39 Å². The van der Waals surface area contributed by atoms with Crippen LogP contribution in [0.1, 0.15) is 16.0 Å². The fraction of sp³-hybridized carbons (Fsp3) is 0.143. The summed E-state index contributed by atoms with van der Waals surface area (Å²) in [5.74, 6) is -0.220. The van der Waals surface area contributed by atoms with Crippen molar-refractivity contribution in [1.29, 1.82) is 0 Å². The molecule has 0 N–H and O–H groups in total. The first-order valence-electron chi connectivity index (χ1n) is 5.50. The minimum absolute atomic E-state index is 0.109. The molecule has 0 aliphatic carbocycles. The second kappa shape index (κ2) is 6.74. The second-order valence-corrected chi connectivity index (χ2v) is 7.17. The van der Waals surface area contributed by atoms with Crippen LogP contribution in [-0.2, 0) is 6.42 Å². The van der Waals surface area contributed by atoms with Crippen LogP contribution >= 0.6 is 61.7 Å². The molecule has 2 aromatic carbocycles. The largest absolute Gasteiger partial charge is 0.207 e. The lowest BCUT2D eigenvalue weighted by atomic mass is 10.0. The molecule has 0 saturated carbocycles. The van der Waals surface area contributed by atoms with E-state index in [1.807, 2.05) is 12.1 Å². The van der Waals surface area contributed by atoms with Gasteiger partial charge in [0.25, 0.3) is 0 Å². The van der Waals surface area contributed by atoms with Crippen LogP contribution in [0.15, 0.2) is 36.4 Å². The number of alkyl halides is 1. The average Bonchev–Trinajstić information content (AvgIpc) is 2.33. The van der Waals surface area contributed by atoms with Gasteiger partial charge in [-0.2, -0.15) is 0 Å². The zero-order chi connectivity index (χ0) is 14.0. The summed E-state index contributed by atoms with van der Waals surface area (Å²) in [5, 5.41) is 1.10. The minimum Gasteiger partial charge on any atom is -0.207 e. The zero-order valence-corrected chi connectivity index (χ0v) is 14.9. The van der Waals surface area contributed by atoms with Crippen LogP contribution < -0.4 is 0 Å². The molecule has 0 amide bonds. The van der Waals surface area contributed by atoms with Crippen molar-refractivity contribution >= 4 is 61.7 Å². The van der Waals surface area contributed by atoms with Gasteiger partial charge in [0.2, 0.25) is 0 Å². The van der Waals surface area contributed by atoms with Crippen LogP contribution in [0.4, 0.5) is 4.39 Å². The van der Waals surface area contributed by atoms with Gasteiger partial charge >= 0.3 is 0 Å². The maximum absolute atomic E-state index is 13.1. The normalized spacial score (nSPS) is 12.5. The Bertz CT molecular complexity index is 604. The van der Waals surface area contributed by atoms with Gasteiger partial charge in [0.15, 0.2) is 0 Å². The van der Waals surface area contributed by atoms with Crippen molar-refractivity contribution in [2.45, 2.75) is 11.2 Å². The van der Waals surface area contributed by atoms with Crippen LogP contribution in [0.3, 0.4) is 0 Å². The lowest BCUT2D eigenvalue weighted by Gasteiger charge is -2.13. The Hall–Kier alpha value is 0.160. The molecular weight excluding hydrogens is 465 g/mol. The summed E-state index contributed by atoms with van der Waals surface area (Å²) in [6.07, 6.45) is 0.762. The van der Waals surface area contributed by atoms with E-state index in [1.165, 1.54) is 12.1 Å². The van der Waals surface area contributed by atoms with Crippen molar-refractivity contribution in [1.82, 2.24) is 0 Å². The number of rotatable bonds is 3. The minimum atomic E-state index is -0.220. The molecule has 2 aromatic rings. The Morgan fingerprint density at radius 3 is 2.47 bits per heavy atom. The van der Waals surface area contributed by atoms with Crippen LogP contribution in [0.2, 0.25) is 10.0 Å². The Labute approximate surface area is 143 Å². The average molecular weight is 474 g/mol. The molecule has 0 heterocycles. The first kappa shape index (κ1) is 15.5. The zero-order valence-electron chi connectivity index (χ0n) is 9.64. The fourth-order valence-corrected chi connectivity index (χ4v) is 4.11. The van der Waals surface area contributed by atoms with E-state index in [-0.39, 0.29) is 10.6 Å². The summed E-state index contributed by atoms with van der Waals surface area (Å²) in [6, 6.07) is 10.4. The summed E-state index contributed by atoms with van der Waals surface area (Å²) in [5.41, 5.74) is 2.14. The maximum atomic E-state index is 13.1. The highest BCUT2D eigenvalue weighted by atomic mass is 127. The van der Waals surface area contributed by atoms with Gasteiger partial charge < -0.3 is 0 Å². The van der Waals surface area contributed by atoms with Crippen molar-refractivity contribution in [3.05, 3.63) is 67.0 Å². The second-order valence-electron chi connectivity index (χ2n) is 4.09. The predicted octanol–water partition coefficient (Wildman–Crippen LogP) is 6.42. The Morgan fingerprint density at radius 2 is 1.84 bits per heavy atom. The summed E-state index contributed by atoms with van der Waals surface area (Å²) in [7, 11) is 0. The molecule has 100 valence electrons. The van der Waals surface area contributed by atoms with Gasteiger partial charge in [-0.15, -0.1) is 0 Å². The number of hydrogen-bond donors (Lipinski definition) is 0. The quantitative estimate of drug-likeness (QED) is 0.356. The number of hydrogen-bond acceptors (Lipinski definition) is 0. The van der Waals surface area contributed by atoms with Gasteiger partial charge in [0, 0.05) is 8.40 Å². The van der Waals surface area contributed by atoms with Crippen molar-refractivity contribution in [2.24, 2.45) is 0 Å². The summed E-state index contributed by atoms with van der Waals surface area (Å²) < 4.78 is 14.0. The molecule has 0 fully saturated rings. The van der Waals surface area contributed by atoms with Gasteiger partial charge in [-0.1, -0.05) is 51.3 Å². The molecule has 0 aromatic heterocycles. The molecule has 0 bridgehead atoms.